The number of hydrogen-bond donors (Lipinski definition) is 3. The number of carbonyl (C=O) groups excluding carboxylic acids is 1. The summed E-state index contributed by atoms with van der Waals surface area (Å²) >= 11 is 1.28. The van der Waals surface area contributed by atoms with E-state index in [0.717, 1.165) is 13.0 Å². The fourth-order valence-electron chi connectivity index (χ4n) is 2.00. The van der Waals surface area contributed by atoms with Crippen LogP contribution in [0, 0.1) is 5.82 Å². The van der Waals surface area contributed by atoms with Crippen LogP contribution in [-0.4, -0.2) is 23.5 Å². The molecule has 3 rings (SSSR count). The predicted molar refractivity (Wildman–Crippen MR) is 75.7 cm³/mol. The van der Waals surface area contributed by atoms with Crippen LogP contribution in [0.3, 0.4) is 0 Å². The maximum atomic E-state index is 13.7. The van der Waals surface area contributed by atoms with Crippen molar-refractivity contribution in [2.75, 3.05) is 11.9 Å². The zero-order chi connectivity index (χ0) is 13.9. The molecule has 0 spiro atoms. The van der Waals surface area contributed by atoms with Gasteiger partial charge in [-0.05, 0) is 18.6 Å². The number of rotatable bonds is 3. The molecule has 20 heavy (non-hydrogen) atoms. The van der Waals surface area contributed by atoms with Crippen molar-refractivity contribution in [2.45, 2.75) is 12.5 Å². The second kappa shape index (κ2) is 5.66. The highest BCUT2D eigenvalue weighted by atomic mass is 32.1. The maximum absolute atomic E-state index is 13.7. The highest BCUT2D eigenvalue weighted by molar-refractivity contribution is 7.14. The van der Waals surface area contributed by atoms with E-state index in [4.69, 9.17) is 0 Å². The average Bonchev–Trinajstić information content (AvgIpc) is 3.10. The fourth-order valence-corrected chi connectivity index (χ4v) is 2.71. The third kappa shape index (κ3) is 2.69. The number of thiazole rings is 1. The van der Waals surface area contributed by atoms with Gasteiger partial charge in [0, 0.05) is 17.5 Å². The number of carbonyl (C=O) groups is 1. The highest BCUT2D eigenvalue weighted by Gasteiger charge is 2.22. The van der Waals surface area contributed by atoms with E-state index >= 15 is 0 Å². The van der Waals surface area contributed by atoms with E-state index in [-0.39, 0.29) is 17.8 Å². The molecule has 0 bridgehead atoms. The first-order valence-electron chi connectivity index (χ1n) is 6.24. The van der Waals surface area contributed by atoms with Gasteiger partial charge >= 0.3 is 0 Å². The number of hydrogen-bond acceptors (Lipinski definition) is 5. The number of amides is 1. The lowest BCUT2D eigenvalue weighted by Crippen LogP contribution is -2.39. The second-order valence-corrected chi connectivity index (χ2v) is 5.28. The smallest absolute Gasteiger partial charge is 0.244 e. The first-order chi connectivity index (χ1) is 9.74. The molecule has 1 fully saturated rings. The van der Waals surface area contributed by atoms with E-state index in [9.17, 15) is 9.18 Å². The molecule has 1 amide bonds. The third-order valence-corrected chi connectivity index (χ3v) is 3.79. The number of hydrazine groups is 1. The first-order valence-corrected chi connectivity index (χ1v) is 7.11. The Hall–Kier alpha value is -1.83. The third-order valence-electron chi connectivity index (χ3n) is 3.03. The van der Waals surface area contributed by atoms with Gasteiger partial charge in [-0.1, -0.05) is 12.1 Å². The zero-order valence-corrected chi connectivity index (χ0v) is 11.3. The van der Waals surface area contributed by atoms with E-state index < -0.39 is 0 Å². The van der Waals surface area contributed by atoms with Gasteiger partial charge in [0.25, 0.3) is 0 Å². The van der Waals surface area contributed by atoms with Crippen LogP contribution in [0.5, 0.6) is 0 Å². The molecule has 7 heteroatoms. The van der Waals surface area contributed by atoms with E-state index in [1.165, 1.54) is 17.4 Å². The van der Waals surface area contributed by atoms with E-state index in [1.54, 1.807) is 23.6 Å². The Morgan fingerprint density at radius 3 is 3.05 bits per heavy atom. The molecular formula is C13H13FN4OS. The SMILES string of the molecule is O=C(Nc1nc(-c2ccccc2F)cs1)C1CCNN1. The number of anilines is 1. The lowest BCUT2D eigenvalue weighted by molar-refractivity contribution is -0.117. The molecular weight excluding hydrogens is 279 g/mol. The molecule has 2 heterocycles. The molecule has 0 radical (unpaired) electrons. The minimum atomic E-state index is -0.322. The van der Waals surface area contributed by atoms with Crippen LogP contribution in [0.2, 0.25) is 0 Å². The van der Waals surface area contributed by atoms with Crippen molar-refractivity contribution in [2.24, 2.45) is 0 Å². The normalized spacial score (nSPS) is 18.1. The van der Waals surface area contributed by atoms with Crippen LogP contribution in [0.15, 0.2) is 29.6 Å². The summed E-state index contributed by atoms with van der Waals surface area (Å²) in [4.78, 5) is 16.2. The zero-order valence-electron chi connectivity index (χ0n) is 10.5. The molecule has 0 aliphatic carbocycles. The molecule has 0 saturated carbocycles. The molecule has 1 aliphatic rings. The summed E-state index contributed by atoms with van der Waals surface area (Å²) in [5.41, 5.74) is 6.74. The van der Waals surface area contributed by atoms with Gasteiger partial charge in [0.1, 0.15) is 11.9 Å². The molecule has 1 unspecified atom stereocenters. The van der Waals surface area contributed by atoms with Gasteiger partial charge in [-0.25, -0.2) is 14.8 Å². The summed E-state index contributed by atoms with van der Waals surface area (Å²) in [6, 6.07) is 6.19. The Labute approximate surface area is 119 Å². The molecule has 5 nitrogen and oxygen atoms in total. The summed E-state index contributed by atoms with van der Waals surface area (Å²) < 4.78 is 13.7. The van der Waals surface area contributed by atoms with Crippen molar-refractivity contribution in [3.63, 3.8) is 0 Å². The largest absolute Gasteiger partial charge is 0.301 e. The van der Waals surface area contributed by atoms with Crippen LogP contribution in [0.25, 0.3) is 11.3 Å². The van der Waals surface area contributed by atoms with Crippen LogP contribution in [0.4, 0.5) is 9.52 Å². The van der Waals surface area contributed by atoms with E-state index in [1.807, 2.05) is 0 Å². The van der Waals surface area contributed by atoms with Gasteiger partial charge in [-0.2, -0.15) is 0 Å². The molecule has 1 atom stereocenters. The summed E-state index contributed by atoms with van der Waals surface area (Å²) in [5.74, 6) is -0.457. The Morgan fingerprint density at radius 2 is 2.30 bits per heavy atom. The van der Waals surface area contributed by atoms with Crippen LogP contribution in [-0.2, 0) is 4.79 Å². The van der Waals surface area contributed by atoms with Crippen molar-refractivity contribution >= 4 is 22.4 Å². The Balaban J connectivity index is 1.74. The first kappa shape index (κ1) is 13.2. The molecule has 1 aliphatic heterocycles. The van der Waals surface area contributed by atoms with Gasteiger partial charge in [0.2, 0.25) is 5.91 Å². The summed E-state index contributed by atoms with van der Waals surface area (Å²) in [6.07, 6.45) is 0.734. The maximum Gasteiger partial charge on any atom is 0.244 e. The van der Waals surface area contributed by atoms with Gasteiger partial charge in [-0.3, -0.25) is 10.2 Å². The molecule has 1 aromatic carbocycles. The molecule has 104 valence electrons. The highest BCUT2D eigenvalue weighted by Crippen LogP contribution is 2.26. The van der Waals surface area contributed by atoms with Gasteiger partial charge in [0.15, 0.2) is 5.13 Å². The van der Waals surface area contributed by atoms with Gasteiger partial charge in [0.05, 0.1) is 5.69 Å². The average molecular weight is 292 g/mol. The second-order valence-electron chi connectivity index (χ2n) is 4.42. The number of benzene rings is 1. The van der Waals surface area contributed by atoms with Crippen molar-refractivity contribution in [1.29, 1.82) is 0 Å². The topological polar surface area (TPSA) is 66.0 Å². The summed E-state index contributed by atoms with van der Waals surface area (Å²) in [6.45, 7) is 0.760. The van der Waals surface area contributed by atoms with E-state index in [2.05, 4.69) is 21.2 Å². The fraction of sp³-hybridized carbons (Fsp3) is 0.231. The minimum Gasteiger partial charge on any atom is -0.301 e. The number of halogens is 1. The minimum absolute atomic E-state index is 0.135. The monoisotopic (exact) mass is 292 g/mol. The van der Waals surface area contributed by atoms with Crippen molar-refractivity contribution in [3.8, 4) is 11.3 Å². The number of nitrogens with zero attached hydrogens (tertiary/aromatic N) is 1. The summed E-state index contributed by atoms with van der Waals surface area (Å²) in [5, 5.41) is 4.94. The van der Waals surface area contributed by atoms with Crippen molar-refractivity contribution < 1.29 is 9.18 Å². The van der Waals surface area contributed by atoms with Gasteiger partial charge in [-0.15, -0.1) is 11.3 Å². The van der Waals surface area contributed by atoms with Crippen molar-refractivity contribution in [3.05, 3.63) is 35.5 Å². The lowest BCUT2D eigenvalue weighted by atomic mass is 10.2. The van der Waals surface area contributed by atoms with Gasteiger partial charge < -0.3 is 5.32 Å². The molecule has 1 saturated heterocycles. The summed E-state index contributed by atoms with van der Waals surface area (Å²) in [7, 11) is 0. The Kier molecular flexibility index (Phi) is 3.72. The Bertz CT molecular complexity index is 624. The molecule has 1 aromatic heterocycles. The quantitative estimate of drug-likeness (QED) is 0.806. The Morgan fingerprint density at radius 1 is 1.45 bits per heavy atom. The standard InChI is InChI=1S/C13H13FN4OS/c14-9-4-2-1-3-8(9)11-7-20-13(16-11)17-12(19)10-5-6-15-18-10/h1-4,7,10,15,18H,5-6H2,(H,16,17,19). The van der Waals surface area contributed by atoms with Crippen molar-refractivity contribution in [1.82, 2.24) is 15.8 Å². The lowest BCUT2D eigenvalue weighted by Gasteiger charge is -2.07. The van der Waals surface area contributed by atoms with Crippen LogP contribution in [0.1, 0.15) is 6.42 Å². The van der Waals surface area contributed by atoms with Crippen LogP contribution >= 0.6 is 11.3 Å². The number of aromatic nitrogens is 1. The molecule has 2 aromatic rings. The van der Waals surface area contributed by atoms with Crippen LogP contribution < -0.4 is 16.2 Å². The molecule has 3 N–H and O–H groups in total. The number of nitrogens with one attached hydrogen (secondary N) is 3. The van der Waals surface area contributed by atoms with E-state index in [0.29, 0.717) is 16.4 Å². The predicted octanol–water partition coefficient (Wildman–Crippen LogP) is 1.75.